The van der Waals surface area contributed by atoms with Gasteiger partial charge in [-0.2, -0.15) is 0 Å². The van der Waals surface area contributed by atoms with Gasteiger partial charge in [-0.25, -0.2) is 0 Å². The van der Waals surface area contributed by atoms with E-state index in [0.717, 1.165) is 28.8 Å². The molecule has 0 aromatic heterocycles. The molecule has 3 aliphatic heterocycles. The van der Waals surface area contributed by atoms with Crippen molar-refractivity contribution in [1.82, 2.24) is 4.90 Å². The molecule has 4 aromatic carbocycles. The molecule has 3 aliphatic rings. The van der Waals surface area contributed by atoms with E-state index in [9.17, 15) is 24.3 Å². The second kappa shape index (κ2) is 14.0. The fourth-order valence-electron chi connectivity index (χ4n) is 8.68. The van der Waals surface area contributed by atoms with Gasteiger partial charge in [0.05, 0.1) is 44.5 Å². The summed E-state index contributed by atoms with van der Waals surface area (Å²) < 4.78 is 12.6. The molecule has 0 saturated carbocycles. The molecule has 270 valence electrons. The smallest absolute Gasteiger partial charge is 0.264 e. The summed E-state index contributed by atoms with van der Waals surface area (Å²) in [6, 6.07) is 30.0. The van der Waals surface area contributed by atoms with Crippen LogP contribution in [0.1, 0.15) is 35.6 Å². The molecular formula is C41H45N3O7Si. The van der Waals surface area contributed by atoms with Crippen molar-refractivity contribution in [2.75, 3.05) is 23.5 Å². The number of aliphatic hydroxyl groups is 1. The SMILES string of the molecule is COc1ccc2c(c1)[C@@]1(O[C@H](CC(=O)N3Cc4ccccc4C[C@H]3CO)[C@@H]([Si](C)(C)O)[C@@H]1C)C(=O)N2Cc1ccc(N(C=O)c2ccccc2)cc1. The van der Waals surface area contributed by atoms with Gasteiger partial charge in [0, 0.05) is 34.9 Å². The molecule has 0 bridgehead atoms. The van der Waals surface area contributed by atoms with E-state index in [4.69, 9.17) is 9.47 Å². The predicted octanol–water partition coefficient (Wildman–Crippen LogP) is 5.67. The Morgan fingerprint density at radius 3 is 2.33 bits per heavy atom. The molecule has 1 fully saturated rings. The standard InChI is InChI=1S/C41H45N3O7Si/c1-27-39(52(3,4)49)37(22-38(47)42-24-30-11-9-8-10-29(30)20-33(42)25-45)51-41(27)35-21-34(50-2)18-19-36(35)43(40(41)48)23-28-14-16-32(17-15-28)44(26-46)31-12-6-5-7-13-31/h5-19,21,26-27,33,37,39,45,49H,20,22-25H2,1-4H3/t27-,33-,37+,39-,41+/m0/s1. The van der Waals surface area contributed by atoms with Crippen molar-refractivity contribution in [3.05, 3.63) is 119 Å². The maximum absolute atomic E-state index is 15.0. The van der Waals surface area contributed by atoms with Gasteiger partial charge in [-0.05, 0) is 78.7 Å². The average molecular weight is 720 g/mol. The molecule has 0 aliphatic carbocycles. The molecule has 5 atom stereocenters. The Morgan fingerprint density at radius 2 is 1.67 bits per heavy atom. The molecular weight excluding hydrogens is 675 g/mol. The second-order valence-electron chi connectivity index (χ2n) is 14.6. The van der Waals surface area contributed by atoms with Crippen molar-refractivity contribution >= 4 is 43.6 Å². The summed E-state index contributed by atoms with van der Waals surface area (Å²) >= 11 is 0. The normalized spacial score (nSPS) is 23.8. The lowest BCUT2D eigenvalue weighted by molar-refractivity contribution is -0.151. The first kappa shape index (κ1) is 35.6. The van der Waals surface area contributed by atoms with E-state index in [0.29, 0.717) is 35.7 Å². The van der Waals surface area contributed by atoms with Crippen molar-refractivity contribution < 1.29 is 33.8 Å². The van der Waals surface area contributed by atoms with Gasteiger partial charge in [-0.1, -0.05) is 61.5 Å². The van der Waals surface area contributed by atoms with E-state index in [1.807, 2.05) is 117 Å². The lowest BCUT2D eigenvalue weighted by Crippen LogP contribution is -2.48. The van der Waals surface area contributed by atoms with Crippen molar-refractivity contribution in [1.29, 1.82) is 0 Å². The van der Waals surface area contributed by atoms with Crippen LogP contribution in [0.15, 0.2) is 97.1 Å². The van der Waals surface area contributed by atoms with Gasteiger partial charge in [0.15, 0.2) is 13.9 Å². The zero-order valence-electron chi connectivity index (χ0n) is 29.9. The number of benzene rings is 4. The number of hydrogen-bond donors (Lipinski definition) is 2. The molecule has 2 N–H and O–H groups in total. The largest absolute Gasteiger partial charge is 0.497 e. The van der Waals surface area contributed by atoms with Crippen molar-refractivity contribution in [2.45, 2.75) is 69.2 Å². The summed E-state index contributed by atoms with van der Waals surface area (Å²) in [7, 11) is -1.47. The van der Waals surface area contributed by atoms with Crippen LogP contribution in [0.2, 0.25) is 18.6 Å². The average Bonchev–Trinajstić information content (AvgIpc) is 3.57. The molecule has 0 radical (unpaired) electrons. The third kappa shape index (κ3) is 6.11. The summed E-state index contributed by atoms with van der Waals surface area (Å²) in [5.41, 5.74) is 3.86. The number of hydrogen-bond acceptors (Lipinski definition) is 7. The molecule has 4 aromatic rings. The zero-order chi connectivity index (χ0) is 36.8. The number of ether oxygens (including phenoxy) is 2. The van der Waals surface area contributed by atoms with Crippen LogP contribution in [-0.2, 0) is 44.2 Å². The Labute approximate surface area is 305 Å². The number of anilines is 3. The minimum atomic E-state index is -3.04. The molecule has 3 amide bonds. The summed E-state index contributed by atoms with van der Waals surface area (Å²) in [5, 5.41) is 10.3. The zero-order valence-corrected chi connectivity index (χ0v) is 30.9. The van der Waals surface area contributed by atoms with E-state index in [2.05, 4.69) is 0 Å². The summed E-state index contributed by atoms with van der Waals surface area (Å²) in [4.78, 5) is 57.9. The number of carbonyl (C=O) groups excluding carboxylic acids is 3. The Kier molecular flexibility index (Phi) is 9.55. The highest BCUT2D eigenvalue weighted by atomic mass is 28.4. The van der Waals surface area contributed by atoms with Crippen molar-refractivity contribution in [3.8, 4) is 5.75 Å². The maximum atomic E-state index is 15.0. The number of methoxy groups -OCH3 is 1. The van der Waals surface area contributed by atoms with Crippen LogP contribution < -0.4 is 14.5 Å². The molecule has 3 heterocycles. The highest BCUT2D eigenvalue weighted by Gasteiger charge is 2.66. The van der Waals surface area contributed by atoms with Gasteiger partial charge in [0.2, 0.25) is 12.3 Å². The number of fused-ring (bicyclic) bond motifs is 3. The predicted molar refractivity (Wildman–Crippen MR) is 201 cm³/mol. The van der Waals surface area contributed by atoms with E-state index < -0.39 is 31.5 Å². The number of rotatable bonds is 10. The topological polar surface area (TPSA) is 120 Å². The van der Waals surface area contributed by atoms with Crippen LogP contribution in [0.4, 0.5) is 17.1 Å². The molecule has 11 heteroatoms. The quantitative estimate of drug-likeness (QED) is 0.160. The number of aliphatic hydroxyl groups excluding tert-OH is 1. The highest BCUT2D eigenvalue weighted by Crippen LogP contribution is 2.60. The minimum Gasteiger partial charge on any atom is -0.497 e. The fourth-order valence-corrected chi connectivity index (χ4v) is 11.2. The molecule has 10 nitrogen and oxygen atoms in total. The van der Waals surface area contributed by atoms with Crippen LogP contribution >= 0.6 is 0 Å². The van der Waals surface area contributed by atoms with Crippen LogP contribution in [-0.4, -0.2) is 67.2 Å². The van der Waals surface area contributed by atoms with Crippen LogP contribution in [0, 0.1) is 5.92 Å². The number of nitrogens with zero attached hydrogens (tertiary/aromatic N) is 3. The van der Waals surface area contributed by atoms with Gasteiger partial charge in [0.1, 0.15) is 5.75 Å². The molecule has 7 rings (SSSR count). The Balaban J connectivity index is 1.20. The number of carbonyl (C=O) groups is 3. The van der Waals surface area contributed by atoms with Crippen molar-refractivity contribution in [3.63, 3.8) is 0 Å². The third-order valence-electron chi connectivity index (χ3n) is 11.1. The number of para-hydroxylation sites is 1. The van der Waals surface area contributed by atoms with Crippen LogP contribution in [0.3, 0.4) is 0 Å². The minimum absolute atomic E-state index is 0.0326. The summed E-state index contributed by atoms with van der Waals surface area (Å²) in [5.74, 6) is -0.341. The fraction of sp³-hybridized carbons (Fsp3) is 0.341. The second-order valence-corrected chi connectivity index (χ2v) is 18.6. The van der Waals surface area contributed by atoms with Gasteiger partial charge in [0.25, 0.3) is 5.91 Å². The van der Waals surface area contributed by atoms with Gasteiger partial charge in [-0.15, -0.1) is 0 Å². The lowest BCUT2D eigenvalue weighted by Gasteiger charge is -2.37. The van der Waals surface area contributed by atoms with Gasteiger partial charge >= 0.3 is 0 Å². The highest BCUT2D eigenvalue weighted by molar-refractivity contribution is 6.71. The summed E-state index contributed by atoms with van der Waals surface area (Å²) in [6.07, 6.45) is 0.558. The molecule has 52 heavy (non-hydrogen) atoms. The first-order valence-corrected chi connectivity index (χ1v) is 20.8. The van der Waals surface area contributed by atoms with Crippen LogP contribution in [0.5, 0.6) is 5.75 Å². The van der Waals surface area contributed by atoms with Gasteiger partial charge in [-0.3, -0.25) is 19.3 Å². The first-order chi connectivity index (χ1) is 25.0. The molecule has 1 spiro atoms. The summed E-state index contributed by atoms with van der Waals surface area (Å²) in [6.45, 7) is 6.07. The van der Waals surface area contributed by atoms with E-state index in [-0.39, 0.29) is 37.4 Å². The first-order valence-electron chi connectivity index (χ1n) is 17.8. The van der Waals surface area contributed by atoms with E-state index in [1.54, 1.807) is 21.8 Å². The Hall–Kier alpha value is -4.81. The van der Waals surface area contributed by atoms with E-state index >= 15 is 0 Å². The molecule has 0 unspecified atom stereocenters. The Bertz CT molecular complexity index is 1970. The third-order valence-corrected chi connectivity index (χ3v) is 13.7. The van der Waals surface area contributed by atoms with E-state index in [1.165, 1.54) is 0 Å². The monoisotopic (exact) mass is 719 g/mol. The Morgan fingerprint density at radius 1 is 1.00 bits per heavy atom. The number of amides is 3. The molecule has 1 saturated heterocycles. The van der Waals surface area contributed by atoms with Gasteiger partial charge < -0.3 is 29.2 Å². The lowest BCUT2D eigenvalue weighted by atomic mass is 9.82. The van der Waals surface area contributed by atoms with Crippen LogP contribution in [0.25, 0.3) is 0 Å². The maximum Gasteiger partial charge on any atom is 0.264 e. The van der Waals surface area contributed by atoms with Crippen molar-refractivity contribution in [2.24, 2.45) is 5.92 Å².